The molecule has 1 aliphatic rings. The van der Waals surface area contributed by atoms with E-state index in [1.165, 1.54) is 18.2 Å². The van der Waals surface area contributed by atoms with Gasteiger partial charge in [-0.1, -0.05) is 17.7 Å². The lowest BCUT2D eigenvalue weighted by molar-refractivity contribution is -0.384. The van der Waals surface area contributed by atoms with Crippen LogP contribution in [0.4, 0.5) is 11.4 Å². The Labute approximate surface area is 143 Å². The Bertz CT molecular complexity index is 864. The van der Waals surface area contributed by atoms with Crippen LogP contribution in [-0.2, 0) is 10.2 Å². The highest BCUT2D eigenvalue weighted by Gasteiger charge is 2.44. The van der Waals surface area contributed by atoms with E-state index >= 15 is 0 Å². The number of hydrogen-bond donors (Lipinski definition) is 0. The lowest BCUT2D eigenvalue weighted by atomic mass is 9.85. The van der Waals surface area contributed by atoms with Gasteiger partial charge < -0.3 is 9.64 Å². The summed E-state index contributed by atoms with van der Waals surface area (Å²) in [7, 11) is 1.72. The fourth-order valence-electron chi connectivity index (χ4n) is 2.95. The number of benzene rings is 2. The van der Waals surface area contributed by atoms with Crippen molar-refractivity contribution in [1.82, 2.24) is 0 Å². The molecule has 124 valence electrons. The number of rotatable bonds is 3. The van der Waals surface area contributed by atoms with Gasteiger partial charge in [0, 0.05) is 24.7 Å². The van der Waals surface area contributed by atoms with Gasteiger partial charge in [-0.05, 0) is 32.0 Å². The quantitative estimate of drug-likeness (QED) is 0.613. The Morgan fingerprint density at radius 1 is 1.21 bits per heavy atom. The summed E-state index contributed by atoms with van der Waals surface area (Å²) >= 11 is 6.10. The minimum absolute atomic E-state index is 0.0247. The number of carbonyl (C=O) groups is 1. The van der Waals surface area contributed by atoms with E-state index in [0.29, 0.717) is 11.5 Å². The number of carbonyl (C=O) groups excluding carboxylic acids is 1. The van der Waals surface area contributed by atoms with E-state index in [9.17, 15) is 14.9 Å². The number of ether oxygens (including phenoxy) is 1. The average molecular weight is 347 g/mol. The lowest BCUT2D eigenvalue weighted by Gasteiger charge is -2.19. The van der Waals surface area contributed by atoms with Crippen LogP contribution in [0.2, 0.25) is 5.02 Å². The number of fused-ring (bicyclic) bond motifs is 1. The molecule has 2 aromatic carbocycles. The largest absolute Gasteiger partial charge is 0.455 e. The van der Waals surface area contributed by atoms with Crippen LogP contribution in [0.5, 0.6) is 11.5 Å². The Morgan fingerprint density at radius 2 is 1.92 bits per heavy atom. The van der Waals surface area contributed by atoms with Crippen LogP contribution in [0.15, 0.2) is 36.4 Å². The van der Waals surface area contributed by atoms with Crippen LogP contribution in [0, 0.1) is 10.1 Å². The molecule has 7 heteroatoms. The number of anilines is 1. The minimum Gasteiger partial charge on any atom is -0.455 e. The van der Waals surface area contributed by atoms with E-state index in [0.717, 1.165) is 11.3 Å². The van der Waals surface area contributed by atoms with Gasteiger partial charge in [-0.3, -0.25) is 14.9 Å². The number of nitro groups is 1. The highest BCUT2D eigenvalue weighted by atomic mass is 35.5. The van der Waals surface area contributed by atoms with Gasteiger partial charge in [0.05, 0.1) is 21.0 Å². The first kappa shape index (κ1) is 16.3. The van der Waals surface area contributed by atoms with Gasteiger partial charge in [-0.15, -0.1) is 0 Å². The first-order chi connectivity index (χ1) is 11.2. The smallest absolute Gasteiger partial charge is 0.271 e. The molecule has 0 N–H and O–H groups in total. The van der Waals surface area contributed by atoms with Gasteiger partial charge in [0.25, 0.3) is 5.69 Å². The Morgan fingerprint density at radius 3 is 2.54 bits per heavy atom. The maximum Gasteiger partial charge on any atom is 0.271 e. The van der Waals surface area contributed by atoms with Crippen molar-refractivity contribution < 1.29 is 14.5 Å². The van der Waals surface area contributed by atoms with E-state index in [1.807, 2.05) is 19.9 Å². The summed E-state index contributed by atoms with van der Waals surface area (Å²) in [4.78, 5) is 24.3. The highest BCUT2D eigenvalue weighted by Crippen LogP contribution is 2.47. The molecule has 0 atom stereocenters. The number of nitrogens with zero attached hydrogens (tertiary/aromatic N) is 2. The molecule has 1 heterocycles. The molecule has 0 fully saturated rings. The zero-order valence-corrected chi connectivity index (χ0v) is 14.1. The normalized spacial score (nSPS) is 15.3. The number of hydrogen-bond acceptors (Lipinski definition) is 4. The first-order valence-electron chi connectivity index (χ1n) is 7.27. The molecular formula is C17H15ClN2O4. The van der Waals surface area contributed by atoms with Crippen LogP contribution in [-0.4, -0.2) is 17.9 Å². The van der Waals surface area contributed by atoms with Gasteiger partial charge in [0.2, 0.25) is 5.91 Å². The molecule has 0 unspecified atom stereocenters. The molecule has 6 nitrogen and oxygen atoms in total. The molecule has 0 saturated carbocycles. The number of amides is 1. The van der Waals surface area contributed by atoms with Crippen LogP contribution >= 0.6 is 11.6 Å². The predicted molar refractivity (Wildman–Crippen MR) is 91.1 cm³/mol. The average Bonchev–Trinajstić information content (AvgIpc) is 2.71. The highest BCUT2D eigenvalue weighted by molar-refractivity contribution is 6.32. The van der Waals surface area contributed by atoms with Crippen LogP contribution in [0.25, 0.3) is 0 Å². The zero-order valence-electron chi connectivity index (χ0n) is 13.4. The molecule has 1 amide bonds. The molecule has 2 aromatic rings. The maximum absolute atomic E-state index is 12.4. The third kappa shape index (κ3) is 2.39. The number of likely N-dealkylation sites (N-methyl/N-ethyl adjacent to an activating group) is 1. The van der Waals surface area contributed by atoms with Crippen molar-refractivity contribution in [2.24, 2.45) is 0 Å². The fraction of sp³-hybridized carbons (Fsp3) is 0.235. The summed E-state index contributed by atoms with van der Waals surface area (Å²) in [6, 6.07) is 9.41. The van der Waals surface area contributed by atoms with Gasteiger partial charge in [-0.2, -0.15) is 0 Å². The maximum atomic E-state index is 12.4. The third-order valence-corrected chi connectivity index (χ3v) is 4.47. The van der Waals surface area contributed by atoms with E-state index in [4.69, 9.17) is 16.3 Å². The molecule has 0 spiro atoms. The SMILES string of the molecule is CN1C(=O)C(C)(C)c2c(Oc3ccc([N+](=O)[O-])cc3Cl)cccc21. The van der Waals surface area contributed by atoms with Crippen LogP contribution < -0.4 is 9.64 Å². The first-order valence-corrected chi connectivity index (χ1v) is 7.64. The summed E-state index contributed by atoms with van der Waals surface area (Å²) in [5.41, 5.74) is 0.710. The molecule has 24 heavy (non-hydrogen) atoms. The molecule has 0 bridgehead atoms. The summed E-state index contributed by atoms with van der Waals surface area (Å²) in [6.45, 7) is 3.67. The lowest BCUT2D eigenvalue weighted by Crippen LogP contribution is -2.33. The molecule has 0 radical (unpaired) electrons. The van der Waals surface area contributed by atoms with Gasteiger partial charge in [-0.25, -0.2) is 0 Å². The molecule has 3 rings (SSSR count). The second-order valence-corrected chi connectivity index (χ2v) is 6.52. The van der Waals surface area contributed by atoms with Crippen LogP contribution in [0.3, 0.4) is 0 Å². The van der Waals surface area contributed by atoms with Crippen LogP contribution in [0.1, 0.15) is 19.4 Å². The molecule has 1 aliphatic heterocycles. The second-order valence-electron chi connectivity index (χ2n) is 6.11. The molecule has 0 aliphatic carbocycles. The Hall–Kier alpha value is -2.60. The summed E-state index contributed by atoms with van der Waals surface area (Å²) in [5.74, 6) is 0.780. The summed E-state index contributed by atoms with van der Waals surface area (Å²) < 4.78 is 5.89. The number of nitro benzene ring substituents is 1. The van der Waals surface area contributed by atoms with E-state index < -0.39 is 10.3 Å². The second kappa shape index (κ2) is 5.49. The van der Waals surface area contributed by atoms with Crippen molar-refractivity contribution in [2.75, 3.05) is 11.9 Å². The van der Waals surface area contributed by atoms with E-state index in [-0.39, 0.29) is 16.6 Å². The topological polar surface area (TPSA) is 72.7 Å². The molecule has 0 aromatic heterocycles. The monoisotopic (exact) mass is 346 g/mol. The molecule has 0 saturated heterocycles. The fourth-order valence-corrected chi connectivity index (χ4v) is 3.17. The van der Waals surface area contributed by atoms with Gasteiger partial charge in [0.1, 0.15) is 11.5 Å². The van der Waals surface area contributed by atoms with Crippen molar-refractivity contribution >= 4 is 28.9 Å². The van der Waals surface area contributed by atoms with E-state index in [2.05, 4.69) is 0 Å². The van der Waals surface area contributed by atoms with Gasteiger partial charge >= 0.3 is 0 Å². The standard InChI is InChI=1S/C17H15ClN2O4/c1-17(2)15-12(19(3)16(17)21)5-4-6-14(15)24-13-8-7-10(20(22)23)9-11(13)18/h4-9H,1-3H3. The van der Waals surface area contributed by atoms with E-state index in [1.54, 1.807) is 24.1 Å². The summed E-state index contributed by atoms with van der Waals surface area (Å²) in [5, 5.41) is 10.9. The zero-order chi connectivity index (χ0) is 17.6. The van der Waals surface area contributed by atoms with Crippen molar-refractivity contribution in [2.45, 2.75) is 19.3 Å². The van der Waals surface area contributed by atoms with Crippen molar-refractivity contribution in [1.29, 1.82) is 0 Å². The third-order valence-electron chi connectivity index (χ3n) is 4.18. The minimum atomic E-state index is -0.728. The predicted octanol–water partition coefficient (Wildman–Crippen LogP) is 4.29. The van der Waals surface area contributed by atoms with Crippen molar-refractivity contribution in [3.8, 4) is 11.5 Å². The Kier molecular flexibility index (Phi) is 3.72. The number of non-ortho nitro benzene ring substituents is 1. The number of halogens is 1. The van der Waals surface area contributed by atoms with Crippen molar-refractivity contribution in [3.63, 3.8) is 0 Å². The Balaban J connectivity index is 2.05. The van der Waals surface area contributed by atoms with Gasteiger partial charge in [0.15, 0.2) is 0 Å². The summed E-state index contributed by atoms with van der Waals surface area (Å²) in [6.07, 6.45) is 0. The van der Waals surface area contributed by atoms with Crippen molar-refractivity contribution in [3.05, 3.63) is 57.1 Å². The molecular weight excluding hydrogens is 332 g/mol.